The molecule has 0 saturated heterocycles. The first-order valence-electron chi connectivity index (χ1n) is 5.84. The summed E-state index contributed by atoms with van der Waals surface area (Å²) in [5.74, 6) is 0.436. The Kier molecular flexibility index (Phi) is 4.27. The van der Waals surface area contributed by atoms with Crippen LogP contribution >= 0.6 is 15.9 Å². The van der Waals surface area contributed by atoms with Gasteiger partial charge in [0.1, 0.15) is 11.6 Å². The molecule has 3 nitrogen and oxygen atoms in total. The smallest absolute Gasteiger partial charge is 0.139 e. The van der Waals surface area contributed by atoms with Gasteiger partial charge in [-0.15, -0.1) is 0 Å². The molecule has 0 unspecified atom stereocenters. The number of hydrogen-bond donors (Lipinski definition) is 2. The first kappa shape index (κ1) is 13.7. The molecular formula is C14H14BrFN2O. The average Bonchev–Trinajstić information content (AvgIpc) is 2.38. The lowest BCUT2D eigenvalue weighted by atomic mass is 10.2. The second-order valence-corrected chi connectivity index (χ2v) is 4.79. The number of rotatable bonds is 4. The molecule has 0 spiro atoms. The van der Waals surface area contributed by atoms with Crippen LogP contribution < -0.4 is 15.8 Å². The van der Waals surface area contributed by atoms with Gasteiger partial charge in [-0.2, -0.15) is 0 Å². The van der Waals surface area contributed by atoms with Crippen LogP contribution in [0.3, 0.4) is 0 Å². The maximum atomic E-state index is 13.5. The summed E-state index contributed by atoms with van der Waals surface area (Å²) >= 11 is 3.09. The third-order valence-corrected chi connectivity index (χ3v) is 3.14. The third-order valence-electron chi connectivity index (χ3n) is 2.54. The summed E-state index contributed by atoms with van der Waals surface area (Å²) in [6, 6.07) is 10.3. The zero-order valence-corrected chi connectivity index (χ0v) is 12.0. The van der Waals surface area contributed by atoms with E-state index < -0.39 is 0 Å². The highest BCUT2D eigenvalue weighted by Gasteiger charge is 2.06. The second kappa shape index (κ2) is 5.93. The zero-order valence-electron chi connectivity index (χ0n) is 10.4. The van der Waals surface area contributed by atoms with Crippen LogP contribution in [0.4, 0.5) is 21.5 Å². The van der Waals surface area contributed by atoms with Gasteiger partial charge in [0.25, 0.3) is 0 Å². The fourth-order valence-electron chi connectivity index (χ4n) is 1.63. The highest BCUT2D eigenvalue weighted by Crippen LogP contribution is 2.29. The van der Waals surface area contributed by atoms with Gasteiger partial charge < -0.3 is 15.8 Å². The molecule has 5 heteroatoms. The number of hydrogen-bond acceptors (Lipinski definition) is 3. The highest BCUT2D eigenvalue weighted by atomic mass is 79.9. The molecule has 0 aliphatic carbocycles. The van der Waals surface area contributed by atoms with Crippen molar-refractivity contribution in [2.75, 3.05) is 17.7 Å². The van der Waals surface area contributed by atoms with Crippen LogP contribution in [0.2, 0.25) is 0 Å². The van der Waals surface area contributed by atoms with Crippen molar-refractivity contribution < 1.29 is 9.13 Å². The minimum Gasteiger partial charge on any atom is -0.494 e. The largest absolute Gasteiger partial charge is 0.494 e. The molecule has 0 bridgehead atoms. The number of nitrogens with one attached hydrogen (secondary N) is 1. The van der Waals surface area contributed by atoms with Crippen LogP contribution in [-0.2, 0) is 0 Å². The first-order chi connectivity index (χ1) is 9.10. The zero-order chi connectivity index (χ0) is 13.8. The van der Waals surface area contributed by atoms with Crippen molar-refractivity contribution in [3.05, 3.63) is 46.7 Å². The van der Waals surface area contributed by atoms with E-state index in [1.165, 1.54) is 12.1 Å². The number of anilines is 3. The van der Waals surface area contributed by atoms with Gasteiger partial charge in [-0.1, -0.05) is 0 Å². The van der Waals surface area contributed by atoms with Crippen molar-refractivity contribution in [1.82, 2.24) is 0 Å². The molecule has 2 rings (SSSR count). The van der Waals surface area contributed by atoms with E-state index >= 15 is 0 Å². The Morgan fingerprint density at radius 2 is 1.95 bits per heavy atom. The van der Waals surface area contributed by atoms with Gasteiger partial charge in [0.05, 0.1) is 22.5 Å². The quantitative estimate of drug-likeness (QED) is 0.824. The van der Waals surface area contributed by atoms with Gasteiger partial charge in [0.2, 0.25) is 0 Å². The molecule has 0 aliphatic heterocycles. The number of benzene rings is 2. The molecule has 0 amide bonds. The maximum Gasteiger partial charge on any atom is 0.139 e. The van der Waals surface area contributed by atoms with Gasteiger partial charge in [0.15, 0.2) is 0 Å². The Bertz CT molecular complexity index is 572. The van der Waals surface area contributed by atoms with Crippen LogP contribution in [0.25, 0.3) is 0 Å². The predicted octanol–water partition coefficient (Wildman–Crippen LogP) is 4.31. The highest BCUT2D eigenvalue weighted by molar-refractivity contribution is 9.10. The Balaban J connectivity index is 2.19. The topological polar surface area (TPSA) is 47.3 Å². The van der Waals surface area contributed by atoms with E-state index in [1.807, 2.05) is 31.2 Å². The Morgan fingerprint density at radius 3 is 2.58 bits per heavy atom. The predicted molar refractivity (Wildman–Crippen MR) is 79.4 cm³/mol. The monoisotopic (exact) mass is 324 g/mol. The number of nitrogen functional groups attached to an aromatic ring is 1. The molecule has 2 aromatic rings. The standard InChI is InChI=1S/C14H14BrFN2O/c1-2-19-10-5-3-9(4-6-10)18-14-8-12(16)11(15)7-13(14)17/h3-8,18H,2,17H2,1H3. The summed E-state index contributed by atoms with van der Waals surface area (Å²) in [5.41, 5.74) is 7.65. The van der Waals surface area contributed by atoms with E-state index in [9.17, 15) is 4.39 Å². The summed E-state index contributed by atoms with van der Waals surface area (Å²) in [6.07, 6.45) is 0. The summed E-state index contributed by atoms with van der Waals surface area (Å²) < 4.78 is 19.2. The number of nitrogens with two attached hydrogens (primary N) is 1. The first-order valence-corrected chi connectivity index (χ1v) is 6.64. The summed E-state index contributed by atoms with van der Waals surface area (Å²) in [7, 11) is 0. The molecule has 0 radical (unpaired) electrons. The molecule has 100 valence electrons. The van der Waals surface area contributed by atoms with Gasteiger partial charge in [-0.25, -0.2) is 4.39 Å². The van der Waals surface area contributed by atoms with Crippen LogP contribution in [0.1, 0.15) is 6.92 Å². The SMILES string of the molecule is CCOc1ccc(Nc2cc(F)c(Br)cc2N)cc1. The van der Waals surface area contributed by atoms with Crippen molar-refractivity contribution in [3.8, 4) is 5.75 Å². The molecule has 0 saturated carbocycles. The van der Waals surface area contributed by atoms with Crippen molar-refractivity contribution in [2.45, 2.75) is 6.92 Å². The molecule has 0 heterocycles. The molecular weight excluding hydrogens is 311 g/mol. The van der Waals surface area contributed by atoms with Crippen LogP contribution in [-0.4, -0.2) is 6.61 Å². The van der Waals surface area contributed by atoms with Crippen molar-refractivity contribution in [3.63, 3.8) is 0 Å². The third kappa shape index (κ3) is 3.38. The van der Waals surface area contributed by atoms with Gasteiger partial charge in [-0.05, 0) is 53.2 Å². The summed E-state index contributed by atoms with van der Waals surface area (Å²) in [5, 5.41) is 3.07. The summed E-state index contributed by atoms with van der Waals surface area (Å²) in [4.78, 5) is 0. The van der Waals surface area contributed by atoms with Crippen molar-refractivity contribution in [1.29, 1.82) is 0 Å². The minimum absolute atomic E-state index is 0.349. The van der Waals surface area contributed by atoms with E-state index in [0.29, 0.717) is 22.5 Å². The normalized spacial score (nSPS) is 10.3. The van der Waals surface area contributed by atoms with Crippen LogP contribution in [0.5, 0.6) is 5.75 Å². The van der Waals surface area contributed by atoms with Gasteiger partial charge >= 0.3 is 0 Å². The number of halogens is 2. The average molecular weight is 325 g/mol. The van der Waals surface area contributed by atoms with Crippen LogP contribution in [0.15, 0.2) is 40.9 Å². The maximum absolute atomic E-state index is 13.5. The number of ether oxygens (including phenoxy) is 1. The molecule has 0 fully saturated rings. The molecule has 19 heavy (non-hydrogen) atoms. The molecule has 0 aliphatic rings. The van der Waals surface area contributed by atoms with Crippen LogP contribution in [0, 0.1) is 5.82 Å². The fraction of sp³-hybridized carbons (Fsp3) is 0.143. The van der Waals surface area contributed by atoms with E-state index in [-0.39, 0.29) is 5.82 Å². The Labute approximate surface area is 119 Å². The Hall–Kier alpha value is -1.75. The van der Waals surface area contributed by atoms with Gasteiger partial charge in [-0.3, -0.25) is 0 Å². The van der Waals surface area contributed by atoms with E-state index in [0.717, 1.165) is 11.4 Å². The molecule has 3 N–H and O–H groups in total. The van der Waals surface area contributed by atoms with Crippen molar-refractivity contribution in [2.24, 2.45) is 0 Å². The lowest BCUT2D eigenvalue weighted by Crippen LogP contribution is -1.98. The second-order valence-electron chi connectivity index (χ2n) is 3.94. The molecule has 2 aromatic carbocycles. The lowest BCUT2D eigenvalue weighted by molar-refractivity contribution is 0.340. The van der Waals surface area contributed by atoms with Gasteiger partial charge in [0, 0.05) is 11.8 Å². The molecule has 0 atom stereocenters. The minimum atomic E-state index is -0.359. The fourth-order valence-corrected chi connectivity index (χ4v) is 1.99. The van der Waals surface area contributed by atoms with Crippen molar-refractivity contribution >= 4 is 33.0 Å². The summed E-state index contributed by atoms with van der Waals surface area (Å²) in [6.45, 7) is 2.55. The molecule has 0 aromatic heterocycles. The lowest BCUT2D eigenvalue weighted by Gasteiger charge is -2.11. The van der Waals surface area contributed by atoms with E-state index in [1.54, 1.807) is 0 Å². The van der Waals surface area contributed by atoms with E-state index in [2.05, 4.69) is 21.2 Å². The Morgan fingerprint density at radius 1 is 1.26 bits per heavy atom. The van der Waals surface area contributed by atoms with E-state index in [4.69, 9.17) is 10.5 Å².